The first kappa shape index (κ1) is 31.7. The molecule has 1 atom stereocenters. The summed E-state index contributed by atoms with van der Waals surface area (Å²) in [6.45, 7) is 4.38. The Labute approximate surface area is 218 Å². The molecule has 4 nitrogen and oxygen atoms in total. The van der Waals surface area contributed by atoms with Crippen molar-refractivity contribution in [3.8, 4) is 0 Å². The summed E-state index contributed by atoms with van der Waals surface area (Å²) in [5.74, 6) is 0. The van der Waals surface area contributed by atoms with Crippen LogP contribution >= 0.6 is 0 Å². The Bertz CT molecular complexity index is 428. The predicted octanol–water partition coefficient (Wildman–Crippen LogP) is 3.68. The third-order valence-electron chi connectivity index (χ3n) is 5.56. The van der Waals surface area contributed by atoms with E-state index in [2.05, 4.69) is 13.8 Å². The van der Waals surface area contributed by atoms with Crippen LogP contribution < -0.4 is 51.4 Å². The van der Waals surface area contributed by atoms with E-state index in [9.17, 15) is 18.1 Å². The number of hydrogen-bond donors (Lipinski definition) is 1. The third-order valence-corrected chi connectivity index (χ3v) is 6.90. The molecule has 0 spiro atoms. The number of hydrogen-bond acceptors (Lipinski definition) is 4. The van der Waals surface area contributed by atoms with Gasteiger partial charge < -0.3 is 9.66 Å². The average Bonchev–Trinajstić information content (AvgIpc) is 2.61. The maximum Gasteiger partial charge on any atom is 1.00 e. The largest absolute Gasteiger partial charge is 1.00 e. The Morgan fingerprint density at radius 2 is 0.857 bits per heavy atom. The van der Waals surface area contributed by atoms with Crippen LogP contribution in [0, 0.1) is 0 Å². The molecule has 0 aromatic carbocycles. The SMILES string of the molecule is CCCCCCCCCCCCCC(O)(CCCCCCCC)S(=O)(=O)[O-].[K+]. The van der Waals surface area contributed by atoms with Crippen LogP contribution in [0.4, 0.5) is 0 Å². The summed E-state index contributed by atoms with van der Waals surface area (Å²) in [4.78, 5) is -2.06. The van der Waals surface area contributed by atoms with Gasteiger partial charge >= 0.3 is 51.4 Å². The van der Waals surface area contributed by atoms with Gasteiger partial charge in [0.15, 0.2) is 4.93 Å². The van der Waals surface area contributed by atoms with Gasteiger partial charge in [0, 0.05) is 0 Å². The van der Waals surface area contributed by atoms with E-state index in [1.165, 1.54) is 51.4 Å². The van der Waals surface area contributed by atoms with E-state index in [0.29, 0.717) is 12.8 Å². The van der Waals surface area contributed by atoms with Gasteiger partial charge in [0.25, 0.3) is 0 Å². The van der Waals surface area contributed by atoms with Crippen molar-refractivity contribution in [1.29, 1.82) is 0 Å². The molecule has 0 rings (SSSR count). The number of aliphatic hydroxyl groups is 1. The molecule has 0 aliphatic heterocycles. The summed E-state index contributed by atoms with van der Waals surface area (Å²) in [7, 11) is -4.67. The molecular weight excluding hydrogens is 399 g/mol. The van der Waals surface area contributed by atoms with Crippen LogP contribution in [0.25, 0.3) is 0 Å². The van der Waals surface area contributed by atoms with Gasteiger partial charge in [0.1, 0.15) is 10.1 Å². The van der Waals surface area contributed by atoms with Gasteiger partial charge in [-0.3, -0.25) is 0 Å². The molecule has 0 aliphatic rings. The van der Waals surface area contributed by atoms with Crippen molar-refractivity contribution >= 4 is 10.1 Å². The minimum Gasteiger partial charge on any atom is -0.746 e. The zero-order valence-electron chi connectivity index (χ0n) is 19.0. The monoisotopic (exact) mass is 444 g/mol. The van der Waals surface area contributed by atoms with E-state index < -0.39 is 15.1 Å². The fourth-order valence-corrected chi connectivity index (χ4v) is 4.41. The van der Waals surface area contributed by atoms with E-state index in [4.69, 9.17) is 0 Å². The Kier molecular flexibility index (Phi) is 23.1. The molecule has 28 heavy (non-hydrogen) atoms. The molecule has 164 valence electrons. The predicted molar refractivity (Wildman–Crippen MR) is 114 cm³/mol. The smallest absolute Gasteiger partial charge is 0.746 e. The van der Waals surface area contributed by atoms with E-state index in [-0.39, 0.29) is 64.2 Å². The van der Waals surface area contributed by atoms with Crippen molar-refractivity contribution in [2.75, 3.05) is 0 Å². The maximum absolute atomic E-state index is 11.5. The van der Waals surface area contributed by atoms with Crippen molar-refractivity contribution in [3.63, 3.8) is 0 Å². The molecule has 0 saturated carbocycles. The van der Waals surface area contributed by atoms with Crippen LogP contribution in [0.5, 0.6) is 0 Å². The zero-order chi connectivity index (χ0) is 20.4. The first-order valence-corrected chi connectivity index (χ1v) is 13.0. The minimum absolute atomic E-state index is 0. The van der Waals surface area contributed by atoms with Crippen LogP contribution in [-0.2, 0) is 10.1 Å². The summed E-state index contributed by atoms with van der Waals surface area (Å²) in [6.07, 6.45) is 19.0. The van der Waals surface area contributed by atoms with Crippen LogP contribution in [0.15, 0.2) is 0 Å². The van der Waals surface area contributed by atoms with Gasteiger partial charge in [0.05, 0.1) is 0 Å². The summed E-state index contributed by atoms with van der Waals surface area (Å²) in [6, 6.07) is 0. The Balaban J connectivity index is 0. The summed E-state index contributed by atoms with van der Waals surface area (Å²) < 4.78 is 34.6. The Morgan fingerprint density at radius 1 is 0.607 bits per heavy atom. The molecular formula is C22H45KO4S. The molecule has 0 aromatic heterocycles. The molecule has 6 heteroatoms. The van der Waals surface area contributed by atoms with Gasteiger partial charge in [-0.05, 0) is 25.7 Å². The zero-order valence-corrected chi connectivity index (χ0v) is 23.0. The van der Waals surface area contributed by atoms with E-state index in [0.717, 1.165) is 44.9 Å². The van der Waals surface area contributed by atoms with Crippen molar-refractivity contribution in [3.05, 3.63) is 0 Å². The minimum atomic E-state index is -4.67. The summed E-state index contributed by atoms with van der Waals surface area (Å²) in [5, 5.41) is 10.4. The topological polar surface area (TPSA) is 77.4 Å². The normalized spacial score (nSPS) is 13.9. The van der Waals surface area contributed by atoms with Crippen molar-refractivity contribution < 1.29 is 69.5 Å². The second kappa shape index (κ2) is 20.4. The number of unbranched alkanes of at least 4 members (excludes halogenated alkanes) is 15. The summed E-state index contributed by atoms with van der Waals surface area (Å²) >= 11 is 0. The Hall–Kier alpha value is 1.51. The van der Waals surface area contributed by atoms with Crippen molar-refractivity contribution in [2.45, 2.75) is 141 Å². The van der Waals surface area contributed by atoms with E-state index >= 15 is 0 Å². The van der Waals surface area contributed by atoms with E-state index in [1.807, 2.05) is 0 Å². The molecule has 0 fully saturated rings. The molecule has 0 radical (unpaired) electrons. The van der Waals surface area contributed by atoms with Gasteiger partial charge in [-0.1, -0.05) is 110 Å². The van der Waals surface area contributed by atoms with Gasteiger partial charge in [-0.2, -0.15) is 0 Å². The standard InChI is InChI=1S/C22H46O4S.K/c1-3-5-7-9-11-12-13-14-15-17-19-21-22(23,27(24,25)26)20-18-16-10-8-6-4-2;/h23H,3-21H2,1-2H3,(H,24,25,26);/q;+1/p-1. The van der Waals surface area contributed by atoms with Crippen LogP contribution in [-0.4, -0.2) is 23.0 Å². The molecule has 0 aromatic rings. The fraction of sp³-hybridized carbons (Fsp3) is 1.00. The van der Waals surface area contributed by atoms with Crippen LogP contribution in [0.3, 0.4) is 0 Å². The third kappa shape index (κ3) is 17.2. The molecule has 0 saturated heterocycles. The first-order valence-electron chi connectivity index (χ1n) is 11.5. The van der Waals surface area contributed by atoms with Crippen molar-refractivity contribution in [2.24, 2.45) is 0 Å². The van der Waals surface area contributed by atoms with Gasteiger partial charge in [-0.15, -0.1) is 0 Å². The van der Waals surface area contributed by atoms with Crippen LogP contribution in [0.1, 0.15) is 136 Å². The Morgan fingerprint density at radius 3 is 1.11 bits per heavy atom. The second-order valence-corrected chi connectivity index (χ2v) is 9.87. The maximum atomic E-state index is 11.5. The number of rotatable bonds is 20. The average molecular weight is 445 g/mol. The first-order chi connectivity index (χ1) is 12.9. The summed E-state index contributed by atoms with van der Waals surface area (Å²) in [5.41, 5.74) is 0. The molecule has 0 amide bonds. The van der Waals surface area contributed by atoms with Gasteiger partial charge in [-0.25, -0.2) is 8.42 Å². The molecule has 0 bridgehead atoms. The van der Waals surface area contributed by atoms with Crippen molar-refractivity contribution in [1.82, 2.24) is 0 Å². The molecule has 1 unspecified atom stereocenters. The quantitative estimate of drug-likeness (QED) is 0.176. The van der Waals surface area contributed by atoms with Gasteiger partial charge in [0.2, 0.25) is 0 Å². The second-order valence-electron chi connectivity index (χ2n) is 8.20. The molecule has 0 heterocycles. The molecule has 1 N–H and O–H groups in total. The van der Waals surface area contributed by atoms with E-state index in [1.54, 1.807) is 0 Å². The fourth-order valence-electron chi connectivity index (χ4n) is 3.62. The van der Waals surface area contributed by atoms with Crippen LogP contribution in [0.2, 0.25) is 0 Å². The molecule has 0 aliphatic carbocycles.